The Morgan fingerprint density at radius 2 is 1.81 bits per heavy atom. The van der Waals surface area contributed by atoms with Gasteiger partial charge in [-0.05, 0) is 50.3 Å². The molecule has 1 aromatic heterocycles. The SMILES string of the molecule is COc1cc(-c2cn(C)c(=O)c3c2CNCC3)cc(OC)c1CN(C)C. The number of benzene rings is 1. The van der Waals surface area contributed by atoms with Crippen molar-refractivity contribution in [2.24, 2.45) is 7.05 Å². The highest BCUT2D eigenvalue weighted by Gasteiger charge is 2.21. The first kappa shape index (κ1) is 18.5. The fourth-order valence-corrected chi connectivity index (χ4v) is 3.58. The maximum absolute atomic E-state index is 12.5. The minimum atomic E-state index is 0.0911. The first-order valence-electron chi connectivity index (χ1n) is 8.78. The summed E-state index contributed by atoms with van der Waals surface area (Å²) >= 11 is 0. The number of pyridine rings is 1. The third kappa shape index (κ3) is 3.34. The first-order valence-corrected chi connectivity index (χ1v) is 8.78. The fraction of sp³-hybridized carbons (Fsp3) is 0.450. The van der Waals surface area contributed by atoms with Crippen molar-refractivity contribution in [3.05, 3.63) is 45.4 Å². The fourth-order valence-electron chi connectivity index (χ4n) is 3.58. The molecule has 0 spiro atoms. The van der Waals surface area contributed by atoms with Crippen LogP contribution in [-0.4, -0.2) is 44.3 Å². The van der Waals surface area contributed by atoms with Crippen molar-refractivity contribution in [3.8, 4) is 22.6 Å². The number of hydrogen-bond donors (Lipinski definition) is 1. The third-order valence-electron chi connectivity index (χ3n) is 4.84. The van der Waals surface area contributed by atoms with Crippen LogP contribution in [0.3, 0.4) is 0 Å². The second-order valence-corrected chi connectivity index (χ2v) is 6.94. The smallest absolute Gasteiger partial charge is 0.253 e. The van der Waals surface area contributed by atoms with Crippen molar-refractivity contribution in [2.45, 2.75) is 19.5 Å². The van der Waals surface area contributed by atoms with Gasteiger partial charge >= 0.3 is 0 Å². The van der Waals surface area contributed by atoms with Crippen LogP contribution in [0.25, 0.3) is 11.1 Å². The number of aromatic nitrogens is 1. The molecular formula is C20H27N3O3. The Kier molecular flexibility index (Phi) is 5.34. The van der Waals surface area contributed by atoms with Gasteiger partial charge in [0.15, 0.2) is 0 Å². The number of fused-ring (bicyclic) bond motifs is 1. The Morgan fingerprint density at radius 1 is 1.15 bits per heavy atom. The lowest BCUT2D eigenvalue weighted by Crippen LogP contribution is -2.33. The zero-order chi connectivity index (χ0) is 18.8. The summed E-state index contributed by atoms with van der Waals surface area (Å²) in [5, 5.41) is 3.38. The molecule has 0 saturated carbocycles. The first-order chi connectivity index (χ1) is 12.5. The van der Waals surface area contributed by atoms with E-state index < -0.39 is 0 Å². The van der Waals surface area contributed by atoms with Crippen molar-refractivity contribution in [1.82, 2.24) is 14.8 Å². The lowest BCUT2D eigenvalue weighted by atomic mass is 9.93. The van der Waals surface area contributed by atoms with E-state index in [1.54, 1.807) is 18.8 Å². The number of ether oxygens (including phenoxy) is 2. The molecule has 0 amide bonds. The number of nitrogens with zero attached hydrogens (tertiary/aromatic N) is 2. The Labute approximate surface area is 154 Å². The van der Waals surface area contributed by atoms with Gasteiger partial charge in [-0.1, -0.05) is 0 Å². The minimum Gasteiger partial charge on any atom is -0.496 e. The van der Waals surface area contributed by atoms with E-state index >= 15 is 0 Å². The van der Waals surface area contributed by atoms with E-state index in [0.717, 1.165) is 58.8 Å². The molecule has 6 nitrogen and oxygen atoms in total. The minimum absolute atomic E-state index is 0.0911. The molecule has 0 radical (unpaired) electrons. The van der Waals surface area contributed by atoms with Crippen LogP contribution in [0.1, 0.15) is 16.7 Å². The number of aryl methyl sites for hydroxylation is 1. The average molecular weight is 357 g/mol. The Balaban J connectivity index is 2.22. The molecule has 1 aliphatic heterocycles. The Morgan fingerprint density at radius 3 is 2.38 bits per heavy atom. The van der Waals surface area contributed by atoms with Crippen LogP contribution in [0.4, 0.5) is 0 Å². The van der Waals surface area contributed by atoms with E-state index in [1.807, 2.05) is 39.5 Å². The van der Waals surface area contributed by atoms with Crippen molar-refractivity contribution < 1.29 is 9.47 Å². The van der Waals surface area contributed by atoms with Gasteiger partial charge in [0.25, 0.3) is 5.56 Å². The van der Waals surface area contributed by atoms with E-state index in [9.17, 15) is 4.79 Å². The lowest BCUT2D eigenvalue weighted by molar-refractivity contribution is 0.349. The predicted molar refractivity (Wildman–Crippen MR) is 103 cm³/mol. The van der Waals surface area contributed by atoms with E-state index in [2.05, 4.69) is 10.2 Å². The number of hydrogen-bond acceptors (Lipinski definition) is 5. The van der Waals surface area contributed by atoms with Crippen LogP contribution in [0.5, 0.6) is 11.5 Å². The summed E-state index contributed by atoms with van der Waals surface area (Å²) in [5.74, 6) is 1.58. The number of nitrogens with one attached hydrogen (secondary N) is 1. The molecule has 0 aliphatic carbocycles. The molecule has 0 atom stereocenters. The highest BCUT2D eigenvalue weighted by atomic mass is 16.5. The molecular weight excluding hydrogens is 330 g/mol. The monoisotopic (exact) mass is 357 g/mol. The van der Waals surface area contributed by atoms with E-state index in [-0.39, 0.29) is 5.56 Å². The van der Waals surface area contributed by atoms with Gasteiger partial charge < -0.3 is 24.3 Å². The quantitative estimate of drug-likeness (QED) is 0.884. The molecule has 0 saturated heterocycles. The molecule has 0 bridgehead atoms. The van der Waals surface area contributed by atoms with Crippen LogP contribution < -0.4 is 20.3 Å². The molecule has 3 rings (SSSR count). The largest absolute Gasteiger partial charge is 0.496 e. The molecule has 0 unspecified atom stereocenters. The topological polar surface area (TPSA) is 55.7 Å². The van der Waals surface area contributed by atoms with Crippen LogP contribution in [0.2, 0.25) is 0 Å². The average Bonchev–Trinajstić information content (AvgIpc) is 2.64. The van der Waals surface area contributed by atoms with Gasteiger partial charge in [0.2, 0.25) is 0 Å². The number of rotatable bonds is 5. The van der Waals surface area contributed by atoms with Crippen LogP contribution in [0, 0.1) is 0 Å². The molecule has 1 aliphatic rings. The molecule has 1 aromatic carbocycles. The zero-order valence-electron chi connectivity index (χ0n) is 16.2. The van der Waals surface area contributed by atoms with Crippen molar-refractivity contribution in [2.75, 3.05) is 34.9 Å². The highest BCUT2D eigenvalue weighted by molar-refractivity contribution is 5.72. The maximum Gasteiger partial charge on any atom is 0.253 e. The van der Waals surface area contributed by atoms with Crippen molar-refractivity contribution in [1.29, 1.82) is 0 Å². The lowest BCUT2D eigenvalue weighted by Gasteiger charge is -2.23. The summed E-state index contributed by atoms with van der Waals surface area (Å²) in [6.45, 7) is 2.25. The number of methoxy groups -OCH3 is 2. The maximum atomic E-state index is 12.5. The van der Waals surface area contributed by atoms with Gasteiger partial charge in [0.1, 0.15) is 11.5 Å². The van der Waals surface area contributed by atoms with Gasteiger partial charge in [-0.2, -0.15) is 0 Å². The molecule has 140 valence electrons. The molecule has 2 heterocycles. The molecule has 0 fully saturated rings. The normalized spacial score (nSPS) is 13.6. The third-order valence-corrected chi connectivity index (χ3v) is 4.84. The zero-order valence-corrected chi connectivity index (χ0v) is 16.2. The summed E-state index contributed by atoms with van der Waals surface area (Å²) in [6, 6.07) is 4.08. The van der Waals surface area contributed by atoms with Gasteiger partial charge in [0, 0.05) is 37.5 Å². The summed E-state index contributed by atoms with van der Waals surface area (Å²) < 4.78 is 13.0. The van der Waals surface area contributed by atoms with Crippen LogP contribution in [0.15, 0.2) is 23.1 Å². The molecule has 26 heavy (non-hydrogen) atoms. The standard InChI is InChI=1S/C20H27N3O3/c1-22(2)11-17-18(25-4)8-13(9-19(17)26-5)16-12-23(3)20(24)14-6-7-21-10-15(14)16/h8-9,12,21H,6-7,10-11H2,1-5H3. The van der Waals surface area contributed by atoms with Gasteiger partial charge in [-0.3, -0.25) is 4.79 Å². The molecule has 1 N–H and O–H groups in total. The summed E-state index contributed by atoms with van der Waals surface area (Å²) in [6.07, 6.45) is 2.66. The van der Waals surface area contributed by atoms with Gasteiger partial charge in [-0.25, -0.2) is 0 Å². The molecule has 2 aromatic rings. The van der Waals surface area contributed by atoms with Gasteiger partial charge in [0.05, 0.1) is 19.8 Å². The predicted octanol–water partition coefficient (Wildman–Crippen LogP) is 1.78. The highest BCUT2D eigenvalue weighted by Crippen LogP contribution is 2.37. The van der Waals surface area contributed by atoms with E-state index in [1.165, 1.54) is 0 Å². The Hall–Kier alpha value is -2.31. The van der Waals surface area contributed by atoms with E-state index in [0.29, 0.717) is 6.54 Å². The van der Waals surface area contributed by atoms with E-state index in [4.69, 9.17) is 9.47 Å². The Bertz CT molecular complexity index is 846. The van der Waals surface area contributed by atoms with Crippen LogP contribution >= 0.6 is 0 Å². The van der Waals surface area contributed by atoms with Crippen molar-refractivity contribution in [3.63, 3.8) is 0 Å². The summed E-state index contributed by atoms with van der Waals surface area (Å²) in [7, 11) is 9.19. The van der Waals surface area contributed by atoms with Gasteiger partial charge in [-0.15, -0.1) is 0 Å². The summed E-state index contributed by atoms with van der Waals surface area (Å²) in [5.41, 5.74) is 5.12. The second-order valence-electron chi connectivity index (χ2n) is 6.94. The second kappa shape index (κ2) is 7.51. The molecule has 6 heteroatoms. The van der Waals surface area contributed by atoms with Crippen molar-refractivity contribution >= 4 is 0 Å². The summed E-state index contributed by atoms with van der Waals surface area (Å²) in [4.78, 5) is 14.6. The van der Waals surface area contributed by atoms with Crippen LogP contribution in [-0.2, 0) is 26.6 Å².